The summed E-state index contributed by atoms with van der Waals surface area (Å²) in [5.74, 6) is -1.32. The molecule has 0 radical (unpaired) electrons. The number of hydrogen-bond donors (Lipinski definition) is 2. The summed E-state index contributed by atoms with van der Waals surface area (Å²) in [4.78, 5) is 28.7. The van der Waals surface area contributed by atoms with Crippen LogP contribution >= 0.6 is 11.3 Å². The molecule has 3 rings (SSSR count). The average molecular weight is 315 g/mol. The van der Waals surface area contributed by atoms with Gasteiger partial charge in [0, 0.05) is 11.4 Å². The molecule has 0 atom stereocenters. The van der Waals surface area contributed by atoms with E-state index in [9.17, 15) is 14.7 Å². The number of carbonyl (C=O) groups excluding carboxylic acids is 1. The number of nitrogens with one attached hydrogen (secondary N) is 1. The first-order valence-corrected chi connectivity index (χ1v) is 7.39. The lowest BCUT2D eigenvalue weighted by atomic mass is 10.2. The quantitative estimate of drug-likeness (QED) is 0.778. The van der Waals surface area contributed by atoms with E-state index in [0.717, 1.165) is 11.3 Å². The number of benzene rings is 1. The molecule has 1 aromatic carbocycles. The summed E-state index contributed by atoms with van der Waals surface area (Å²) in [6.45, 7) is 3.41. The number of carbonyl (C=O) groups is 2. The average Bonchev–Trinajstić information content (AvgIpc) is 2.96. The first kappa shape index (κ1) is 14.3. The van der Waals surface area contributed by atoms with E-state index in [1.807, 2.05) is 18.2 Å². The molecule has 6 nitrogen and oxygen atoms in total. The van der Waals surface area contributed by atoms with Crippen molar-refractivity contribution in [1.29, 1.82) is 0 Å². The third kappa shape index (κ3) is 2.25. The number of hydrogen-bond acceptors (Lipinski definition) is 4. The Hall–Kier alpha value is -2.67. The van der Waals surface area contributed by atoms with E-state index in [-0.39, 0.29) is 10.8 Å². The number of nitrogens with zero attached hydrogens (tertiary/aromatic N) is 2. The zero-order valence-corrected chi connectivity index (χ0v) is 12.8. The van der Waals surface area contributed by atoms with Crippen LogP contribution in [0.2, 0.25) is 0 Å². The molecule has 0 aliphatic rings. The number of carboxylic acids is 1. The van der Waals surface area contributed by atoms with Crippen molar-refractivity contribution in [2.24, 2.45) is 0 Å². The lowest BCUT2D eigenvalue weighted by Gasteiger charge is -2.06. The number of amides is 1. The molecular formula is C15H13N3O3S. The van der Waals surface area contributed by atoms with Crippen molar-refractivity contribution in [1.82, 2.24) is 9.38 Å². The minimum absolute atomic E-state index is 0.191. The maximum Gasteiger partial charge on any atom is 0.347 e. The van der Waals surface area contributed by atoms with Gasteiger partial charge in [-0.1, -0.05) is 29.5 Å². The number of imidazole rings is 1. The lowest BCUT2D eigenvalue weighted by Crippen LogP contribution is -2.16. The van der Waals surface area contributed by atoms with Crippen LogP contribution in [-0.4, -0.2) is 26.4 Å². The van der Waals surface area contributed by atoms with E-state index in [2.05, 4.69) is 10.3 Å². The Labute approximate surface area is 130 Å². The molecule has 7 heteroatoms. The Bertz CT molecular complexity index is 880. The molecule has 0 saturated heterocycles. The van der Waals surface area contributed by atoms with Crippen LogP contribution in [0.3, 0.4) is 0 Å². The van der Waals surface area contributed by atoms with Crippen LogP contribution in [0.25, 0.3) is 4.96 Å². The molecule has 0 aliphatic carbocycles. The van der Waals surface area contributed by atoms with Gasteiger partial charge < -0.3 is 10.4 Å². The first-order valence-electron chi connectivity index (χ1n) is 6.57. The number of rotatable bonds is 3. The van der Waals surface area contributed by atoms with Crippen molar-refractivity contribution in [3.8, 4) is 0 Å². The molecule has 2 heterocycles. The van der Waals surface area contributed by atoms with Gasteiger partial charge in [0.05, 0.1) is 5.69 Å². The van der Waals surface area contributed by atoms with E-state index in [4.69, 9.17) is 0 Å². The SMILES string of the molecule is Cc1nc2sc(C(=O)O)c(C)n2c1C(=O)Nc1ccccc1. The monoisotopic (exact) mass is 315 g/mol. The topological polar surface area (TPSA) is 83.7 Å². The van der Waals surface area contributed by atoms with Gasteiger partial charge in [-0.3, -0.25) is 9.20 Å². The van der Waals surface area contributed by atoms with Gasteiger partial charge in [-0.05, 0) is 26.0 Å². The molecule has 112 valence electrons. The molecule has 0 saturated carbocycles. The molecule has 2 aromatic heterocycles. The largest absolute Gasteiger partial charge is 0.477 e. The summed E-state index contributed by atoms with van der Waals surface area (Å²) in [5, 5.41) is 12.0. The second kappa shape index (κ2) is 5.27. The van der Waals surface area contributed by atoms with Gasteiger partial charge in [0.1, 0.15) is 10.6 Å². The predicted molar refractivity (Wildman–Crippen MR) is 83.9 cm³/mol. The molecule has 0 unspecified atom stereocenters. The molecule has 0 bridgehead atoms. The van der Waals surface area contributed by atoms with Crippen molar-refractivity contribution in [3.05, 3.63) is 52.3 Å². The lowest BCUT2D eigenvalue weighted by molar-refractivity contribution is 0.0700. The number of aromatic nitrogens is 2. The molecular weight excluding hydrogens is 302 g/mol. The first-order chi connectivity index (χ1) is 10.5. The van der Waals surface area contributed by atoms with Crippen LogP contribution in [0.4, 0.5) is 5.69 Å². The Morgan fingerprint density at radius 2 is 1.91 bits per heavy atom. The molecule has 0 aliphatic heterocycles. The summed E-state index contributed by atoms with van der Waals surface area (Å²) in [5.41, 5.74) is 2.11. The summed E-state index contributed by atoms with van der Waals surface area (Å²) in [7, 11) is 0. The highest BCUT2D eigenvalue weighted by Gasteiger charge is 2.23. The maximum atomic E-state index is 12.5. The molecule has 0 spiro atoms. The van der Waals surface area contributed by atoms with E-state index in [1.165, 1.54) is 0 Å². The standard InChI is InChI=1S/C15H13N3O3S/c1-8-11(13(19)17-10-6-4-3-5-7-10)18-9(2)12(14(20)21)22-15(18)16-8/h3-7H,1-2H3,(H,17,19)(H,20,21). The molecule has 1 amide bonds. The number of aryl methyl sites for hydroxylation is 2. The second-order valence-corrected chi connectivity index (χ2v) is 5.78. The van der Waals surface area contributed by atoms with E-state index in [1.54, 1.807) is 30.4 Å². The highest BCUT2D eigenvalue weighted by atomic mass is 32.1. The van der Waals surface area contributed by atoms with Gasteiger partial charge >= 0.3 is 5.97 Å². The van der Waals surface area contributed by atoms with Crippen molar-refractivity contribution in [2.75, 3.05) is 5.32 Å². The minimum atomic E-state index is -1.01. The third-order valence-corrected chi connectivity index (χ3v) is 4.45. The number of anilines is 1. The summed E-state index contributed by atoms with van der Waals surface area (Å²) >= 11 is 1.06. The Balaban J connectivity index is 2.08. The van der Waals surface area contributed by atoms with Crippen LogP contribution in [-0.2, 0) is 0 Å². The Morgan fingerprint density at radius 1 is 1.23 bits per heavy atom. The van der Waals surface area contributed by atoms with Crippen molar-refractivity contribution >= 4 is 33.9 Å². The van der Waals surface area contributed by atoms with Crippen LogP contribution in [0.15, 0.2) is 30.3 Å². The minimum Gasteiger partial charge on any atom is -0.477 e. The second-order valence-electron chi connectivity index (χ2n) is 4.81. The van der Waals surface area contributed by atoms with E-state index >= 15 is 0 Å². The number of fused-ring (bicyclic) bond motifs is 1. The van der Waals surface area contributed by atoms with Crippen LogP contribution < -0.4 is 5.32 Å². The highest BCUT2D eigenvalue weighted by Crippen LogP contribution is 2.26. The van der Waals surface area contributed by atoms with Gasteiger partial charge in [0.15, 0.2) is 4.96 Å². The van der Waals surface area contributed by atoms with Crippen molar-refractivity contribution < 1.29 is 14.7 Å². The zero-order chi connectivity index (χ0) is 15.9. The Kier molecular flexibility index (Phi) is 3.42. The Morgan fingerprint density at radius 3 is 2.55 bits per heavy atom. The fraction of sp³-hybridized carbons (Fsp3) is 0.133. The van der Waals surface area contributed by atoms with Crippen molar-refractivity contribution in [3.63, 3.8) is 0 Å². The predicted octanol–water partition coefficient (Wildman–Crippen LogP) is 2.96. The van der Waals surface area contributed by atoms with E-state index < -0.39 is 5.97 Å². The molecule has 2 N–H and O–H groups in total. The van der Waals surface area contributed by atoms with Crippen molar-refractivity contribution in [2.45, 2.75) is 13.8 Å². The maximum absolute atomic E-state index is 12.5. The molecule has 3 aromatic rings. The zero-order valence-electron chi connectivity index (χ0n) is 12.0. The van der Waals surface area contributed by atoms with Crippen LogP contribution in [0.5, 0.6) is 0 Å². The van der Waals surface area contributed by atoms with Gasteiger partial charge in [-0.15, -0.1) is 0 Å². The number of thiazole rings is 1. The van der Waals surface area contributed by atoms with Gasteiger partial charge in [0.2, 0.25) is 0 Å². The number of aromatic carboxylic acids is 1. The smallest absolute Gasteiger partial charge is 0.347 e. The number of carboxylic acid groups (broad SMARTS) is 1. The fourth-order valence-corrected chi connectivity index (χ4v) is 3.34. The van der Waals surface area contributed by atoms with Gasteiger partial charge in [0.25, 0.3) is 5.91 Å². The summed E-state index contributed by atoms with van der Waals surface area (Å²) in [6.07, 6.45) is 0. The highest BCUT2D eigenvalue weighted by molar-refractivity contribution is 7.19. The van der Waals surface area contributed by atoms with Crippen LogP contribution in [0.1, 0.15) is 31.5 Å². The molecule has 0 fully saturated rings. The van der Waals surface area contributed by atoms with Crippen LogP contribution in [0, 0.1) is 13.8 Å². The normalized spacial score (nSPS) is 10.8. The van der Waals surface area contributed by atoms with Gasteiger partial charge in [-0.2, -0.15) is 0 Å². The van der Waals surface area contributed by atoms with Gasteiger partial charge in [-0.25, -0.2) is 9.78 Å². The molecule has 22 heavy (non-hydrogen) atoms. The summed E-state index contributed by atoms with van der Waals surface area (Å²) in [6, 6.07) is 9.09. The fourth-order valence-electron chi connectivity index (χ4n) is 2.33. The summed E-state index contributed by atoms with van der Waals surface area (Å²) < 4.78 is 1.60. The number of para-hydroxylation sites is 1. The third-order valence-electron chi connectivity index (χ3n) is 3.32. The van der Waals surface area contributed by atoms with E-state index in [0.29, 0.717) is 27.7 Å².